The topological polar surface area (TPSA) is 97.1 Å². The first-order chi connectivity index (χ1) is 9.11. The summed E-state index contributed by atoms with van der Waals surface area (Å²) in [4.78, 5) is 4.99. The summed E-state index contributed by atoms with van der Waals surface area (Å²) in [5.41, 5.74) is 0. The SMILES string of the molecule is CCCNS(=O)(=O)NCc1nc(-c2cccs2)no1. The molecule has 19 heavy (non-hydrogen) atoms. The first-order valence-electron chi connectivity index (χ1n) is 5.71. The van der Waals surface area contributed by atoms with Crippen molar-refractivity contribution in [3.63, 3.8) is 0 Å². The van der Waals surface area contributed by atoms with Crippen LogP contribution in [0.15, 0.2) is 22.0 Å². The van der Waals surface area contributed by atoms with Gasteiger partial charge in [0, 0.05) is 6.54 Å². The van der Waals surface area contributed by atoms with E-state index in [1.807, 2.05) is 24.4 Å². The van der Waals surface area contributed by atoms with E-state index in [1.165, 1.54) is 11.3 Å². The minimum atomic E-state index is -3.51. The monoisotopic (exact) mass is 302 g/mol. The zero-order valence-corrected chi connectivity index (χ0v) is 11.9. The van der Waals surface area contributed by atoms with Gasteiger partial charge in [0.05, 0.1) is 11.4 Å². The number of thiophene rings is 1. The first-order valence-corrected chi connectivity index (χ1v) is 8.07. The lowest BCUT2D eigenvalue weighted by atomic mass is 10.4. The predicted octanol–water partition coefficient (Wildman–Crippen LogP) is 1.13. The second-order valence-electron chi connectivity index (χ2n) is 3.71. The number of nitrogens with one attached hydrogen (secondary N) is 2. The summed E-state index contributed by atoms with van der Waals surface area (Å²) in [7, 11) is -3.51. The van der Waals surface area contributed by atoms with Crippen molar-refractivity contribution in [1.29, 1.82) is 0 Å². The number of aromatic nitrogens is 2. The van der Waals surface area contributed by atoms with Gasteiger partial charge in [-0.15, -0.1) is 11.3 Å². The Bertz CT molecular complexity index is 607. The molecule has 0 saturated heterocycles. The Hall–Kier alpha value is -1.29. The Morgan fingerprint density at radius 3 is 2.95 bits per heavy atom. The third kappa shape index (κ3) is 4.10. The van der Waals surface area contributed by atoms with Crippen LogP contribution >= 0.6 is 11.3 Å². The van der Waals surface area contributed by atoms with Gasteiger partial charge in [-0.2, -0.15) is 18.1 Å². The normalized spacial score (nSPS) is 11.8. The highest BCUT2D eigenvalue weighted by atomic mass is 32.2. The van der Waals surface area contributed by atoms with E-state index >= 15 is 0 Å². The molecule has 0 spiro atoms. The van der Waals surface area contributed by atoms with E-state index in [2.05, 4.69) is 19.6 Å². The zero-order valence-electron chi connectivity index (χ0n) is 10.3. The van der Waals surface area contributed by atoms with Gasteiger partial charge in [0.2, 0.25) is 11.7 Å². The molecule has 0 atom stereocenters. The number of hydrogen-bond acceptors (Lipinski definition) is 6. The van der Waals surface area contributed by atoms with Crippen molar-refractivity contribution in [2.24, 2.45) is 0 Å². The molecule has 0 aliphatic carbocycles. The van der Waals surface area contributed by atoms with Crippen molar-refractivity contribution in [3.8, 4) is 10.7 Å². The maximum absolute atomic E-state index is 11.5. The van der Waals surface area contributed by atoms with E-state index in [-0.39, 0.29) is 12.4 Å². The molecule has 0 saturated carbocycles. The molecule has 0 aromatic carbocycles. The van der Waals surface area contributed by atoms with E-state index in [9.17, 15) is 8.42 Å². The molecule has 0 amide bonds. The van der Waals surface area contributed by atoms with Crippen LogP contribution in [0.4, 0.5) is 0 Å². The Morgan fingerprint density at radius 1 is 1.42 bits per heavy atom. The third-order valence-corrected chi connectivity index (χ3v) is 4.14. The van der Waals surface area contributed by atoms with Crippen LogP contribution in [-0.4, -0.2) is 25.1 Å². The molecule has 2 aromatic rings. The van der Waals surface area contributed by atoms with Gasteiger partial charge in [-0.25, -0.2) is 4.72 Å². The van der Waals surface area contributed by atoms with Crippen molar-refractivity contribution < 1.29 is 12.9 Å². The first kappa shape index (κ1) is 14.1. The Balaban J connectivity index is 1.94. The average molecular weight is 302 g/mol. The predicted molar refractivity (Wildman–Crippen MR) is 71.7 cm³/mol. The molecule has 2 rings (SSSR count). The molecule has 2 N–H and O–H groups in total. The fraction of sp³-hybridized carbons (Fsp3) is 0.400. The summed E-state index contributed by atoms with van der Waals surface area (Å²) >= 11 is 1.49. The van der Waals surface area contributed by atoms with Gasteiger partial charge in [-0.05, 0) is 17.9 Å². The number of hydrogen-bond donors (Lipinski definition) is 2. The molecule has 9 heteroatoms. The van der Waals surface area contributed by atoms with Crippen molar-refractivity contribution in [3.05, 3.63) is 23.4 Å². The van der Waals surface area contributed by atoms with Crippen LogP contribution in [0.1, 0.15) is 19.2 Å². The van der Waals surface area contributed by atoms with Crippen molar-refractivity contribution >= 4 is 21.5 Å². The van der Waals surface area contributed by atoms with Crippen LogP contribution in [0.2, 0.25) is 0 Å². The lowest BCUT2D eigenvalue weighted by Gasteiger charge is -2.04. The quantitative estimate of drug-likeness (QED) is 0.799. The number of rotatable bonds is 7. The molecule has 0 bridgehead atoms. The smallest absolute Gasteiger partial charge is 0.277 e. The van der Waals surface area contributed by atoms with Gasteiger partial charge in [0.15, 0.2) is 0 Å². The standard InChI is InChI=1S/C10H14N4O3S2/c1-2-5-11-19(15,16)12-7-9-13-10(14-17-9)8-4-3-6-18-8/h3-4,6,11-12H,2,5,7H2,1H3. The molecular weight excluding hydrogens is 288 g/mol. The fourth-order valence-corrected chi connectivity index (χ4v) is 2.81. The molecule has 0 fully saturated rings. The third-order valence-electron chi connectivity index (χ3n) is 2.17. The van der Waals surface area contributed by atoms with Crippen molar-refractivity contribution in [2.45, 2.75) is 19.9 Å². The van der Waals surface area contributed by atoms with Crippen LogP contribution < -0.4 is 9.44 Å². The lowest BCUT2D eigenvalue weighted by molar-refractivity contribution is 0.375. The maximum Gasteiger partial charge on any atom is 0.277 e. The van der Waals surface area contributed by atoms with E-state index < -0.39 is 10.2 Å². The molecule has 0 aliphatic rings. The van der Waals surface area contributed by atoms with Gasteiger partial charge < -0.3 is 4.52 Å². The minimum Gasteiger partial charge on any atom is -0.337 e. The molecular formula is C10H14N4O3S2. The lowest BCUT2D eigenvalue weighted by Crippen LogP contribution is -2.36. The maximum atomic E-state index is 11.5. The van der Waals surface area contributed by atoms with Gasteiger partial charge in [-0.1, -0.05) is 18.1 Å². The highest BCUT2D eigenvalue weighted by Gasteiger charge is 2.13. The fourth-order valence-electron chi connectivity index (χ4n) is 1.28. The second-order valence-corrected chi connectivity index (χ2v) is 6.24. The Kier molecular flexibility index (Phi) is 4.64. The molecule has 0 radical (unpaired) electrons. The Labute approximate surface area is 115 Å². The molecule has 104 valence electrons. The molecule has 0 aliphatic heterocycles. The summed E-state index contributed by atoms with van der Waals surface area (Å²) in [6.07, 6.45) is 0.726. The van der Waals surface area contributed by atoms with Gasteiger partial charge in [-0.3, -0.25) is 0 Å². The second kappa shape index (κ2) is 6.24. The van der Waals surface area contributed by atoms with Gasteiger partial charge in [0.25, 0.3) is 10.2 Å². The van der Waals surface area contributed by atoms with Crippen LogP contribution in [-0.2, 0) is 16.8 Å². The average Bonchev–Trinajstić information content (AvgIpc) is 3.04. The minimum absolute atomic E-state index is 0.0303. The van der Waals surface area contributed by atoms with Crippen LogP contribution in [0.25, 0.3) is 10.7 Å². The van der Waals surface area contributed by atoms with E-state index in [4.69, 9.17) is 4.52 Å². The van der Waals surface area contributed by atoms with E-state index in [1.54, 1.807) is 0 Å². The summed E-state index contributed by atoms with van der Waals surface area (Å²) < 4.78 is 32.7. The van der Waals surface area contributed by atoms with Crippen LogP contribution in [0.3, 0.4) is 0 Å². The van der Waals surface area contributed by atoms with Crippen LogP contribution in [0.5, 0.6) is 0 Å². The zero-order chi connectivity index (χ0) is 13.7. The molecule has 2 heterocycles. The highest BCUT2D eigenvalue weighted by molar-refractivity contribution is 7.87. The van der Waals surface area contributed by atoms with Crippen LogP contribution in [0, 0.1) is 0 Å². The molecule has 0 unspecified atom stereocenters. The molecule has 2 aromatic heterocycles. The van der Waals surface area contributed by atoms with E-state index in [0.717, 1.165) is 11.3 Å². The summed E-state index contributed by atoms with van der Waals surface area (Å²) in [6.45, 7) is 2.24. The van der Waals surface area contributed by atoms with Gasteiger partial charge in [0.1, 0.15) is 0 Å². The summed E-state index contributed by atoms with van der Waals surface area (Å²) in [6, 6.07) is 3.75. The van der Waals surface area contributed by atoms with Gasteiger partial charge >= 0.3 is 0 Å². The summed E-state index contributed by atoms with van der Waals surface area (Å²) in [5, 5.41) is 5.70. The summed E-state index contributed by atoms with van der Waals surface area (Å²) in [5.74, 6) is 0.691. The molecule has 7 nitrogen and oxygen atoms in total. The van der Waals surface area contributed by atoms with Crippen molar-refractivity contribution in [2.75, 3.05) is 6.54 Å². The Morgan fingerprint density at radius 2 is 2.26 bits per heavy atom. The largest absolute Gasteiger partial charge is 0.337 e. The number of nitrogens with zero attached hydrogens (tertiary/aromatic N) is 2. The van der Waals surface area contributed by atoms with E-state index in [0.29, 0.717) is 12.4 Å². The van der Waals surface area contributed by atoms with Crippen molar-refractivity contribution in [1.82, 2.24) is 19.6 Å². The highest BCUT2D eigenvalue weighted by Crippen LogP contribution is 2.21.